The molecule has 2 aromatic rings. The van der Waals surface area contributed by atoms with Gasteiger partial charge in [-0.25, -0.2) is 4.39 Å². The molecule has 0 saturated carbocycles. The molecular formula is C19H17FN2OS. The van der Waals surface area contributed by atoms with Gasteiger partial charge in [0, 0.05) is 0 Å². The summed E-state index contributed by atoms with van der Waals surface area (Å²) < 4.78 is 18.6. The third-order valence-corrected chi connectivity index (χ3v) is 3.81. The summed E-state index contributed by atoms with van der Waals surface area (Å²) in [5.74, 6) is 0.290. The van der Waals surface area contributed by atoms with Crippen LogP contribution < -0.4 is 10.5 Å². The molecule has 0 fully saturated rings. The van der Waals surface area contributed by atoms with E-state index in [9.17, 15) is 4.39 Å². The van der Waals surface area contributed by atoms with E-state index in [0.717, 1.165) is 22.3 Å². The van der Waals surface area contributed by atoms with E-state index in [4.69, 9.17) is 28.0 Å². The monoisotopic (exact) mass is 340 g/mol. The van der Waals surface area contributed by atoms with Crippen LogP contribution in [0.3, 0.4) is 0 Å². The second-order valence-corrected chi connectivity index (χ2v) is 5.85. The molecule has 2 rings (SSSR count). The minimum Gasteiger partial charge on any atom is -0.489 e. The van der Waals surface area contributed by atoms with E-state index in [1.807, 2.05) is 32.0 Å². The Hall–Kier alpha value is -2.71. The number of aryl methyl sites for hydroxylation is 1. The minimum absolute atomic E-state index is 0.0718. The van der Waals surface area contributed by atoms with Crippen LogP contribution in [0.25, 0.3) is 6.08 Å². The van der Waals surface area contributed by atoms with E-state index in [2.05, 4.69) is 0 Å². The Balaban J connectivity index is 2.30. The smallest absolute Gasteiger partial charge is 0.123 e. The van der Waals surface area contributed by atoms with Crippen molar-refractivity contribution in [2.45, 2.75) is 20.5 Å². The van der Waals surface area contributed by atoms with Crippen LogP contribution in [0.4, 0.5) is 4.39 Å². The molecule has 0 atom stereocenters. The fraction of sp³-hybridized carbons (Fsp3) is 0.158. The van der Waals surface area contributed by atoms with Crippen molar-refractivity contribution in [2.24, 2.45) is 5.73 Å². The van der Waals surface area contributed by atoms with Crippen molar-refractivity contribution in [1.29, 1.82) is 5.26 Å². The lowest BCUT2D eigenvalue weighted by Gasteiger charge is -2.13. The summed E-state index contributed by atoms with van der Waals surface area (Å²) in [6.45, 7) is 4.25. The molecule has 3 nitrogen and oxygen atoms in total. The van der Waals surface area contributed by atoms with Crippen molar-refractivity contribution in [1.82, 2.24) is 0 Å². The number of nitrogens with two attached hydrogens (primary N) is 1. The quantitative estimate of drug-likeness (QED) is 0.503. The van der Waals surface area contributed by atoms with Crippen molar-refractivity contribution in [3.8, 4) is 11.8 Å². The second kappa shape index (κ2) is 7.71. The lowest BCUT2D eigenvalue weighted by Crippen LogP contribution is -2.10. The molecule has 0 saturated heterocycles. The molecule has 0 aliphatic carbocycles. The highest BCUT2D eigenvalue weighted by atomic mass is 32.1. The number of nitriles is 1. The third-order valence-electron chi connectivity index (χ3n) is 3.59. The van der Waals surface area contributed by atoms with Crippen molar-refractivity contribution in [2.75, 3.05) is 0 Å². The van der Waals surface area contributed by atoms with Gasteiger partial charge in [-0.1, -0.05) is 29.9 Å². The Labute approximate surface area is 146 Å². The third kappa shape index (κ3) is 4.40. The number of hydrogen-bond donors (Lipinski definition) is 1. The van der Waals surface area contributed by atoms with Gasteiger partial charge in [0.25, 0.3) is 0 Å². The summed E-state index contributed by atoms with van der Waals surface area (Å²) in [7, 11) is 0. The van der Waals surface area contributed by atoms with Gasteiger partial charge in [-0.05, 0) is 60.9 Å². The van der Waals surface area contributed by atoms with Gasteiger partial charge < -0.3 is 10.5 Å². The van der Waals surface area contributed by atoms with Crippen LogP contribution >= 0.6 is 12.2 Å². The molecule has 24 heavy (non-hydrogen) atoms. The van der Waals surface area contributed by atoms with Crippen molar-refractivity contribution < 1.29 is 9.13 Å². The molecule has 122 valence electrons. The predicted molar refractivity (Wildman–Crippen MR) is 97.0 cm³/mol. The van der Waals surface area contributed by atoms with Gasteiger partial charge in [0.05, 0.1) is 5.57 Å². The molecule has 5 heteroatoms. The predicted octanol–water partition coefficient (Wildman–Crippen LogP) is 4.21. The molecule has 0 spiro atoms. The van der Waals surface area contributed by atoms with Gasteiger partial charge in [-0.2, -0.15) is 5.26 Å². The lowest BCUT2D eigenvalue weighted by atomic mass is 9.98. The van der Waals surface area contributed by atoms with Crippen LogP contribution in [0, 0.1) is 31.0 Å². The van der Waals surface area contributed by atoms with E-state index in [-0.39, 0.29) is 16.4 Å². The first-order chi connectivity index (χ1) is 11.4. The largest absolute Gasteiger partial charge is 0.489 e. The topological polar surface area (TPSA) is 59.0 Å². The van der Waals surface area contributed by atoms with Gasteiger partial charge in [0.1, 0.15) is 29.2 Å². The summed E-state index contributed by atoms with van der Waals surface area (Å²) in [4.78, 5) is 0.0718. The zero-order chi connectivity index (χ0) is 17.7. The summed E-state index contributed by atoms with van der Waals surface area (Å²) in [5.41, 5.74) is 9.68. The van der Waals surface area contributed by atoms with Crippen molar-refractivity contribution >= 4 is 23.3 Å². The Kier molecular flexibility index (Phi) is 5.67. The number of ether oxygens (including phenoxy) is 1. The number of nitrogens with zero attached hydrogens (tertiary/aromatic N) is 1. The molecule has 0 heterocycles. The van der Waals surface area contributed by atoms with E-state index in [1.54, 1.807) is 18.2 Å². The summed E-state index contributed by atoms with van der Waals surface area (Å²) in [6.07, 6.45) is 1.69. The highest BCUT2D eigenvalue weighted by Crippen LogP contribution is 2.22. The average Bonchev–Trinajstić information content (AvgIpc) is 2.55. The number of halogens is 1. The number of benzene rings is 2. The van der Waals surface area contributed by atoms with Gasteiger partial charge in [-0.3, -0.25) is 0 Å². The van der Waals surface area contributed by atoms with Crippen molar-refractivity contribution in [3.63, 3.8) is 0 Å². The average molecular weight is 340 g/mol. The fourth-order valence-electron chi connectivity index (χ4n) is 2.27. The first-order valence-electron chi connectivity index (χ1n) is 7.31. The first kappa shape index (κ1) is 17.6. The maximum atomic E-state index is 12.9. The molecular weight excluding hydrogens is 323 g/mol. The maximum absolute atomic E-state index is 12.9. The molecule has 2 N–H and O–H groups in total. The van der Waals surface area contributed by atoms with Crippen LogP contribution in [-0.4, -0.2) is 4.99 Å². The van der Waals surface area contributed by atoms with E-state index >= 15 is 0 Å². The van der Waals surface area contributed by atoms with E-state index in [1.165, 1.54) is 12.1 Å². The number of hydrogen-bond acceptors (Lipinski definition) is 3. The molecule has 0 unspecified atom stereocenters. The number of rotatable bonds is 5. The first-order valence-corrected chi connectivity index (χ1v) is 7.71. The van der Waals surface area contributed by atoms with Crippen LogP contribution in [0.1, 0.15) is 22.3 Å². The molecule has 0 bridgehead atoms. The summed E-state index contributed by atoms with van der Waals surface area (Å²) in [6, 6.07) is 11.9. The highest BCUT2D eigenvalue weighted by Gasteiger charge is 2.08. The lowest BCUT2D eigenvalue weighted by molar-refractivity contribution is 0.305. The van der Waals surface area contributed by atoms with Crippen LogP contribution in [0.15, 0.2) is 42.0 Å². The highest BCUT2D eigenvalue weighted by molar-refractivity contribution is 7.80. The SMILES string of the molecule is Cc1cc(C=C(C#N)C(N)=S)c(C)c(COc2ccc(F)cc2)c1. The molecule has 0 aliphatic rings. The zero-order valence-electron chi connectivity index (χ0n) is 13.5. The normalized spacial score (nSPS) is 11.0. The van der Waals surface area contributed by atoms with Crippen LogP contribution in [-0.2, 0) is 6.61 Å². The molecule has 2 aromatic carbocycles. The van der Waals surface area contributed by atoms with Gasteiger partial charge >= 0.3 is 0 Å². The standard InChI is InChI=1S/C19H17FN2OS/c1-12-7-14(9-15(10-21)19(22)24)13(2)16(8-12)11-23-18-5-3-17(20)4-6-18/h3-9H,11H2,1-2H3,(H2,22,24). The maximum Gasteiger partial charge on any atom is 0.123 e. The van der Waals surface area contributed by atoms with Gasteiger partial charge in [0.15, 0.2) is 0 Å². The Morgan fingerprint density at radius 1 is 1.29 bits per heavy atom. The molecule has 0 amide bonds. The van der Waals surface area contributed by atoms with Gasteiger partial charge in [0.2, 0.25) is 0 Å². The van der Waals surface area contributed by atoms with Crippen LogP contribution in [0.2, 0.25) is 0 Å². The number of thiocarbonyl (C=S) groups is 1. The second-order valence-electron chi connectivity index (χ2n) is 5.41. The molecule has 0 aliphatic heterocycles. The van der Waals surface area contributed by atoms with Crippen LogP contribution in [0.5, 0.6) is 5.75 Å². The Morgan fingerprint density at radius 2 is 1.96 bits per heavy atom. The van der Waals surface area contributed by atoms with Crippen molar-refractivity contribution in [3.05, 3.63) is 70.0 Å². The fourth-order valence-corrected chi connectivity index (χ4v) is 2.37. The molecule has 0 radical (unpaired) electrons. The zero-order valence-corrected chi connectivity index (χ0v) is 14.3. The Morgan fingerprint density at radius 3 is 2.54 bits per heavy atom. The molecule has 0 aromatic heterocycles. The van der Waals surface area contributed by atoms with Gasteiger partial charge in [-0.15, -0.1) is 0 Å². The van der Waals surface area contributed by atoms with E-state index in [0.29, 0.717) is 12.4 Å². The Bertz CT molecular complexity index is 836. The minimum atomic E-state index is -0.303. The summed E-state index contributed by atoms with van der Waals surface area (Å²) >= 11 is 4.88. The summed E-state index contributed by atoms with van der Waals surface area (Å²) in [5, 5.41) is 9.12. The van der Waals surface area contributed by atoms with E-state index < -0.39 is 0 Å².